The maximum atomic E-state index is 12.3. The van der Waals surface area contributed by atoms with Gasteiger partial charge < -0.3 is 4.74 Å². The van der Waals surface area contributed by atoms with Crippen molar-refractivity contribution in [3.63, 3.8) is 0 Å². The normalized spacial score (nSPS) is 10.7. The minimum atomic E-state index is -0.392. The number of thiazole rings is 1. The van der Waals surface area contributed by atoms with Crippen LogP contribution in [-0.2, 0) is 4.74 Å². The second-order valence-electron chi connectivity index (χ2n) is 5.00. The molecule has 0 unspecified atom stereocenters. The minimum Gasteiger partial charge on any atom is -0.462 e. The van der Waals surface area contributed by atoms with Gasteiger partial charge in [-0.05, 0) is 43.3 Å². The van der Waals surface area contributed by atoms with E-state index in [9.17, 15) is 9.59 Å². The van der Waals surface area contributed by atoms with Gasteiger partial charge in [0.25, 0.3) is 5.91 Å². The molecule has 0 aliphatic carbocycles. The molecule has 0 saturated carbocycles. The summed E-state index contributed by atoms with van der Waals surface area (Å²) in [5, 5.41) is 3.83. The third-order valence-corrected chi connectivity index (χ3v) is 4.78. The van der Waals surface area contributed by atoms with Crippen molar-refractivity contribution in [1.29, 1.82) is 0 Å². The summed E-state index contributed by atoms with van der Waals surface area (Å²) in [6.45, 7) is 2.06. The number of anilines is 1. The first kappa shape index (κ1) is 17.7. The summed E-state index contributed by atoms with van der Waals surface area (Å²) in [6.07, 6.45) is 0. The predicted molar refractivity (Wildman–Crippen MR) is 100.0 cm³/mol. The lowest BCUT2D eigenvalue weighted by Gasteiger charge is -2.04. The molecule has 8 heteroatoms. The Bertz CT molecular complexity index is 972. The molecule has 0 fully saturated rings. The van der Waals surface area contributed by atoms with Crippen molar-refractivity contribution < 1.29 is 14.3 Å². The van der Waals surface area contributed by atoms with E-state index in [1.807, 2.05) is 0 Å². The van der Waals surface area contributed by atoms with E-state index < -0.39 is 5.97 Å². The quantitative estimate of drug-likeness (QED) is 0.629. The monoisotopic (exact) mass is 394 g/mol. The van der Waals surface area contributed by atoms with E-state index >= 15 is 0 Å². The molecule has 128 valence electrons. The molecule has 25 heavy (non-hydrogen) atoms. The molecule has 0 saturated heterocycles. The Balaban J connectivity index is 1.84. The number of ether oxygens (including phenoxy) is 1. The van der Waals surface area contributed by atoms with Crippen molar-refractivity contribution in [2.75, 3.05) is 11.9 Å². The van der Waals surface area contributed by atoms with Gasteiger partial charge in [0.05, 0.1) is 33.0 Å². The first-order valence-corrected chi connectivity index (χ1v) is 8.89. The predicted octanol–water partition coefficient (Wildman–Crippen LogP) is 5.03. The topological polar surface area (TPSA) is 68.3 Å². The van der Waals surface area contributed by atoms with Crippen LogP contribution in [0.4, 0.5) is 5.13 Å². The molecule has 0 aliphatic rings. The summed E-state index contributed by atoms with van der Waals surface area (Å²) >= 11 is 13.1. The van der Waals surface area contributed by atoms with Crippen molar-refractivity contribution in [2.45, 2.75) is 6.92 Å². The Morgan fingerprint density at radius 1 is 1.20 bits per heavy atom. The van der Waals surface area contributed by atoms with Gasteiger partial charge in [0, 0.05) is 5.02 Å². The standard InChI is InChI=1S/C17H12Cl2N2O3S/c1-2-24-16(23)9-3-6-13-14(7-9)25-17(20-13)21-15(22)11-5-4-10(18)8-12(11)19/h3-8H,2H2,1H3,(H,20,21,22). The number of carbonyl (C=O) groups excluding carboxylic acids is 2. The van der Waals surface area contributed by atoms with Gasteiger partial charge in [0.2, 0.25) is 0 Å². The third kappa shape index (κ3) is 3.92. The molecule has 1 aromatic heterocycles. The highest BCUT2D eigenvalue weighted by atomic mass is 35.5. The third-order valence-electron chi connectivity index (χ3n) is 3.30. The molecule has 1 N–H and O–H groups in total. The van der Waals surface area contributed by atoms with Crippen LogP contribution in [0.2, 0.25) is 10.0 Å². The summed E-state index contributed by atoms with van der Waals surface area (Å²) in [5.74, 6) is -0.775. The van der Waals surface area contributed by atoms with Crippen LogP contribution in [0, 0.1) is 0 Å². The van der Waals surface area contributed by atoms with E-state index in [1.165, 1.54) is 17.4 Å². The maximum absolute atomic E-state index is 12.3. The lowest BCUT2D eigenvalue weighted by atomic mass is 10.2. The van der Waals surface area contributed by atoms with Crippen LogP contribution in [0.1, 0.15) is 27.6 Å². The maximum Gasteiger partial charge on any atom is 0.338 e. The van der Waals surface area contributed by atoms with Crippen LogP contribution in [0.3, 0.4) is 0 Å². The fourth-order valence-corrected chi connectivity index (χ4v) is 3.55. The Hall–Kier alpha value is -2.15. The number of esters is 1. The van der Waals surface area contributed by atoms with E-state index in [0.717, 1.165) is 4.70 Å². The van der Waals surface area contributed by atoms with Gasteiger partial charge in [-0.15, -0.1) is 0 Å². The SMILES string of the molecule is CCOC(=O)c1ccc2nc(NC(=O)c3ccc(Cl)cc3Cl)sc2c1. The number of nitrogens with one attached hydrogen (secondary N) is 1. The Kier molecular flexibility index (Phi) is 5.22. The summed E-state index contributed by atoms with van der Waals surface area (Å²) in [5.41, 5.74) is 1.42. The van der Waals surface area contributed by atoms with Crippen molar-refractivity contribution in [3.8, 4) is 0 Å². The van der Waals surface area contributed by atoms with Gasteiger partial charge in [-0.3, -0.25) is 10.1 Å². The summed E-state index contributed by atoms with van der Waals surface area (Å²) in [4.78, 5) is 28.5. The lowest BCUT2D eigenvalue weighted by molar-refractivity contribution is 0.0526. The van der Waals surface area contributed by atoms with Crippen LogP contribution in [0.15, 0.2) is 36.4 Å². The van der Waals surface area contributed by atoms with Crippen molar-refractivity contribution in [1.82, 2.24) is 4.98 Å². The smallest absolute Gasteiger partial charge is 0.338 e. The van der Waals surface area contributed by atoms with E-state index in [4.69, 9.17) is 27.9 Å². The van der Waals surface area contributed by atoms with Gasteiger partial charge in [-0.2, -0.15) is 0 Å². The first-order chi connectivity index (χ1) is 12.0. The zero-order chi connectivity index (χ0) is 18.0. The average Bonchev–Trinajstić information content (AvgIpc) is 2.96. The molecule has 5 nitrogen and oxygen atoms in total. The number of rotatable bonds is 4. The van der Waals surface area contributed by atoms with Crippen molar-refractivity contribution in [3.05, 3.63) is 57.6 Å². The van der Waals surface area contributed by atoms with Gasteiger partial charge in [0.1, 0.15) is 0 Å². The minimum absolute atomic E-state index is 0.260. The van der Waals surface area contributed by atoms with Gasteiger partial charge in [0.15, 0.2) is 5.13 Å². The van der Waals surface area contributed by atoms with Crippen LogP contribution in [0.5, 0.6) is 0 Å². The molecular weight excluding hydrogens is 383 g/mol. The lowest BCUT2D eigenvalue weighted by Crippen LogP contribution is -2.12. The number of halogens is 2. The van der Waals surface area contributed by atoms with Crippen LogP contribution in [0.25, 0.3) is 10.2 Å². The number of fused-ring (bicyclic) bond motifs is 1. The van der Waals surface area contributed by atoms with E-state index in [-0.39, 0.29) is 10.9 Å². The number of amides is 1. The number of nitrogens with zero attached hydrogens (tertiary/aromatic N) is 1. The molecule has 2 aromatic carbocycles. The van der Waals surface area contributed by atoms with E-state index in [1.54, 1.807) is 37.3 Å². The molecule has 1 amide bonds. The number of aromatic nitrogens is 1. The molecule has 1 heterocycles. The van der Waals surface area contributed by atoms with Gasteiger partial charge in [-0.25, -0.2) is 9.78 Å². The molecular formula is C17H12Cl2N2O3S. The Morgan fingerprint density at radius 3 is 2.72 bits per heavy atom. The molecule has 0 atom stereocenters. The van der Waals surface area contributed by atoms with Crippen LogP contribution >= 0.6 is 34.5 Å². The summed E-state index contributed by atoms with van der Waals surface area (Å²) < 4.78 is 5.75. The van der Waals surface area contributed by atoms with Crippen LogP contribution < -0.4 is 5.32 Å². The number of hydrogen-bond donors (Lipinski definition) is 1. The van der Waals surface area contributed by atoms with Crippen LogP contribution in [-0.4, -0.2) is 23.5 Å². The van der Waals surface area contributed by atoms with E-state index in [0.29, 0.717) is 33.4 Å². The second-order valence-corrected chi connectivity index (χ2v) is 6.87. The van der Waals surface area contributed by atoms with Crippen molar-refractivity contribution >= 4 is 61.8 Å². The Morgan fingerprint density at radius 2 is 2.00 bits per heavy atom. The Labute approximate surface area is 157 Å². The largest absolute Gasteiger partial charge is 0.462 e. The average molecular weight is 395 g/mol. The zero-order valence-corrected chi connectivity index (χ0v) is 15.3. The highest BCUT2D eigenvalue weighted by Crippen LogP contribution is 2.28. The highest BCUT2D eigenvalue weighted by Gasteiger charge is 2.14. The fraction of sp³-hybridized carbons (Fsp3) is 0.118. The molecule has 3 rings (SSSR count). The molecule has 0 aliphatic heterocycles. The number of carbonyl (C=O) groups is 2. The van der Waals surface area contributed by atoms with Crippen molar-refractivity contribution in [2.24, 2.45) is 0 Å². The summed E-state index contributed by atoms with van der Waals surface area (Å²) in [7, 11) is 0. The molecule has 3 aromatic rings. The summed E-state index contributed by atoms with van der Waals surface area (Å²) in [6, 6.07) is 9.68. The van der Waals surface area contributed by atoms with Gasteiger partial charge in [-0.1, -0.05) is 34.5 Å². The second kappa shape index (κ2) is 7.39. The first-order valence-electron chi connectivity index (χ1n) is 7.32. The highest BCUT2D eigenvalue weighted by molar-refractivity contribution is 7.22. The number of hydrogen-bond acceptors (Lipinski definition) is 5. The molecule has 0 radical (unpaired) electrons. The number of benzene rings is 2. The van der Waals surface area contributed by atoms with E-state index in [2.05, 4.69) is 10.3 Å². The van der Waals surface area contributed by atoms with Gasteiger partial charge >= 0.3 is 5.97 Å². The fourth-order valence-electron chi connectivity index (χ4n) is 2.16. The molecule has 0 spiro atoms. The molecule has 0 bridgehead atoms. The zero-order valence-electron chi connectivity index (χ0n) is 13.0.